The number of hydrogen-bond donors (Lipinski definition) is 6. The zero-order valence-corrected chi connectivity index (χ0v) is 49.3. The van der Waals surface area contributed by atoms with Gasteiger partial charge in [-0.25, -0.2) is 27.9 Å². The molecule has 468 valence electrons. The van der Waals surface area contributed by atoms with Gasteiger partial charge in [0.05, 0.1) is 136 Å². The van der Waals surface area contributed by atoms with Gasteiger partial charge in [0.1, 0.15) is 31.6 Å². The number of primary amides is 1. The Hall–Kier alpha value is -6.79. The third-order valence-corrected chi connectivity index (χ3v) is 11.8. The second-order valence-electron chi connectivity index (χ2n) is 19.2. The number of anilines is 1. The summed E-state index contributed by atoms with van der Waals surface area (Å²) in [7, 11) is -3.47. The number of amides is 6. The summed E-state index contributed by atoms with van der Waals surface area (Å²) in [6.07, 6.45) is 7.27. The highest BCUT2D eigenvalue weighted by molar-refractivity contribution is 7.90. The van der Waals surface area contributed by atoms with Crippen LogP contribution in [-0.4, -0.2) is 213 Å². The summed E-state index contributed by atoms with van der Waals surface area (Å²) in [4.78, 5) is 81.0. The van der Waals surface area contributed by atoms with Crippen molar-refractivity contribution in [2.45, 2.75) is 83.8 Å². The molecule has 1 atom stereocenters. The summed E-state index contributed by atoms with van der Waals surface area (Å²) in [6.45, 7) is 11.8. The average molecular weight is 1210 g/mol. The summed E-state index contributed by atoms with van der Waals surface area (Å²) in [6, 6.07) is 4.97. The van der Waals surface area contributed by atoms with E-state index in [9.17, 15) is 37.2 Å². The lowest BCUT2D eigenvalue weighted by Gasteiger charge is -2.19. The number of benzene rings is 1. The summed E-state index contributed by atoms with van der Waals surface area (Å²) >= 11 is 0. The maximum absolute atomic E-state index is 13.1. The van der Waals surface area contributed by atoms with Gasteiger partial charge in [0.15, 0.2) is 0 Å². The van der Waals surface area contributed by atoms with Crippen molar-refractivity contribution in [2.24, 2.45) is 11.1 Å². The fraction of sp³-hybridized carbons (Fsp3) is 0.630. The number of nitrogens with one attached hydrogen (secondary N) is 5. The highest BCUT2D eigenvalue weighted by atomic mass is 32.2. The Morgan fingerprint density at radius 1 is 0.667 bits per heavy atom. The Bertz CT molecular complexity index is 2560. The van der Waals surface area contributed by atoms with Crippen LogP contribution in [0.2, 0.25) is 0 Å². The zero-order valence-electron chi connectivity index (χ0n) is 48.5. The van der Waals surface area contributed by atoms with Crippen LogP contribution in [0.3, 0.4) is 0 Å². The number of hydrogen-bond acceptors (Lipinski definition) is 22. The van der Waals surface area contributed by atoms with Crippen molar-refractivity contribution in [3.63, 3.8) is 0 Å². The number of sulfone groups is 1. The van der Waals surface area contributed by atoms with Crippen molar-refractivity contribution in [1.29, 1.82) is 0 Å². The van der Waals surface area contributed by atoms with Crippen LogP contribution in [0.1, 0.15) is 69.7 Å². The van der Waals surface area contributed by atoms with E-state index in [1.807, 2.05) is 0 Å². The molecule has 0 aliphatic carbocycles. The van der Waals surface area contributed by atoms with Gasteiger partial charge in [-0.2, -0.15) is 0 Å². The predicted octanol–water partition coefficient (Wildman–Crippen LogP) is 0.237. The van der Waals surface area contributed by atoms with Crippen LogP contribution >= 0.6 is 0 Å². The van der Waals surface area contributed by atoms with Gasteiger partial charge < -0.3 is 79.7 Å². The van der Waals surface area contributed by atoms with E-state index in [1.54, 1.807) is 55.9 Å². The third kappa shape index (κ3) is 36.0. The van der Waals surface area contributed by atoms with Gasteiger partial charge in [0, 0.05) is 50.3 Å². The van der Waals surface area contributed by atoms with Crippen molar-refractivity contribution >= 4 is 51.2 Å². The molecule has 7 N–H and O–H groups in total. The van der Waals surface area contributed by atoms with E-state index >= 15 is 0 Å². The topological polar surface area (TPSA) is 372 Å². The largest absolute Gasteiger partial charge is 0.460 e. The number of rotatable bonds is 46. The predicted molar refractivity (Wildman–Crippen MR) is 301 cm³/mol. The fourth-order valence-corrected chi connectivity index (χ4v) is 7.02. The first-order chi connectivity index (χ1) is 40.4. The standard InChI is InChI=1S/C54H83N11O18S/c1-54(2,3)51(70)83-39-42-12-14-44(15-13-42)61-50(69)46(10-8-16-57-52(55)71)62-49(68)41-82-40-48(67)56-17-19-74-21-23-76-25-27-78-29-31-80-33-34-81-32-30-79-28-26-77-24-22-75-20-18-65-38-45(63-64-65)37-58-47(66)11-7-5-6-9-43-35-59-53(60-36-43)84(4,72)73/h12-15,35-36,38,46H,5,7-8,10-11,16-34,37,39-41H2,1-4H3,(H,56,67)(H,58,66)(H,61,69)(H,62,68)(H3,55,57,71)/t46-/m0/s1. The maximum atomic E-state index is 13.1. The quantitative estimate of drug-likeness (QED) is 0.0191. The van der Waals surface area contributed by atoms with E-state index < -0.39 is 58.3 Å². The number of nitrogens with two attached hydrogens (primary N) is 1. The second kappa shape index (κ2) is 42.9. The number of urea groups is 1. The molecule has 3 aromatic rings. The molecule has 0 radical (unpaired) electrons. The van der Waals surface area contributed by atoms with Crippen LogP contribution in [0.25, 0.3) is 0 Å². The molecule has 0 spiro atoms. The molecule has 0 aliphatic heterocycles. The van der Waals surface area contributed by atoms with Crippen LogP contribution in [-0.2, 0) is 101 Å². The molecule has 6 amide bonds. The fourth-order valence-electron chi connectivity index (χ4n) is 6.53. The molecule has 2 heterocycles. The highest BCUT2D eigenvalue weighted by Gasteiger charge is 2.24. The van der Waals surface area contributed by atoms with Gasteiger partial charge in [-0.3, -0.25) is 24.0 Å². The summed E-state index contributed by atoms with van der Waals surface area (Å²) in [5, 5.41) is 21.1. The normalized spacial score (nSPS) is 11.7. The van der Waals surface area contributed by atoms with E-state index in [-0.39, 0.29) is 62.7 Å². The van der Waals surface area contributed by atoms with E-state index in [4.69, 9.17) is 53.1 Å². The lowest BCUT2D eigenvalue weighted by Crippen LogP contribution is -2.46. The zero-order chi connectivity index (χ0) is 61.1. The number of nitrogens with zero attached hydrogens (tertiary/aromatic N) is 5. The molecule has 0 saturated carbocycles. The number of aromatic nitrogens is 5. The molecule has 0 bridgehead atoms. The van der Waals surface area contributed by atoms with Crippen LogP contribution in [0.5, 0.6) is 0 Å². The van der Waals surface area contributed by atoms with Crippen molar-refractivity contribution in [2.75, 3.05) is 144 Å². The number of esters is 1. The number of carbonyl (C=O) groups excluding carboxylic acids is 6. The molecule has 0 aliphatic rings. The number of carbonyl (C=O) groups is 6. The summed E-state index contributed by atoms with van der Waals surface area (Å²) < 4.78 is 79.2. The maximum Gasteiger partial charge on any atom is 0.312 e. The monoisotopic (exact) mass is 1210 g/mol. The van der Waals surface area contributed by atoms with E-state index in [0.717, 1.165) is 11.8 Å². The first-order valence-electron chi connectivity index (χ1n) is 27.4. The van der Waals surface area contributed by atoms with Crippen LogP contribution in [0, 0.1) is 17.3 Å². The molecular formula is C54H83N11O18S. The SMILES string of the molecule is CC(C)(C)C(=O)OCc1ccc(NC(=O)[C@H](CCCNC(N)=O)NC(=O)COCC(=O)NCCOCCOCCOCCOCCOCCOCCOCCOCCn2cc(CNC(=O)CCCC#Cc3cnc(S(C)(=O)=O)nc3)nn2)cc1. The minimum Gasteiger partial charge on any atom is -0.460 e. The summed E-state index contributed by atoms with van der Waals surface area (Å²) in [5.41, 5.74) is 6.76. The average Bonchev–Trinajstić information content (AvgIpc) is 4.09. The van der Waals surface area contributed by atoms with Crippen molar-refractivity contribution in [1.82, 2.24) is 46.2 Å². The molecule has 0 unspecified atom stereocenters. The molecular weight excluding hydrogens is 1120 g/mol. The highest BCUT2D eigenvalue weighted by Crippen LogP contribution is 2.18. The second-order valence-corrected chi connectivity index (χ2v) is 21.1. The van der Waals surface area contributed by atoms with Gasteiger partial charge in [0.25, 0.3) is 0 Å². The van der Waals surface area contributed by atoms with Crippen LogP contribution < -0.4 is 32.3 Å². The van der Waals surface area contributed by atoms with Gasteiger partial charge >= 0.3 is 12.0 Å². The Morgan fingerprint density at radius 2 is 1.21 bits per heavy atom. The Labute approximate surface area is 490 Å². The minimum atomic E-state index is -3.47. The third-order valence-electron chi connectivity index (χ3n) is 10.9. The van der Waals surface area contributed by atoms with Gasteiger partial charge in [0.2, 0.25) is 38.6 Å². The van der Waals surface area contributed by atoms with Crippen LogP contribution in [0.15, 0.2) is 48.0 Å². The van der Waals surface area contributed by atoms with Gasteiger partial charge in [-0.05, 0) is 57.7 Å². The number of ether oxygens (including phenoxy) is 10. The molecule has 84 heavy (non-hydrogen) atoms. The lowest BCUT2D eigenvalue weighted by atomic mass is 9.97. The van der Waals surface area contributed by atoms with E-state index in [1.165, 1.54) is 12.4 Å². The number of unbranched alkanes of at least 4 members (excludes halogenated alkanes) is 1. The molecule has 0 fully saturated rings. The first kappa shape index (κ1) is 71.5. The Kier molecular flexibility index (Phi) is 36.5. The molecule has 1 aromatic carbocycles. The molecule has 30 heteroatoms. The van der Waals surface area contributed by atoms with Gasteiger partial charge in [-0.1, -0.05) is 29.2 Å². The Balaban J connectivity index is 1.04. The van der Waals surface area contributed by atoms with E-state index in [0.29, 0.717) is 142 Å². The molecule has 0 saturated heterocycles. The minimum absolute atomic E-state index is 0.0706. The Morgan fingerprint density at radius 3 is 1.76 bits per heavy atom. The van der Waals surface area contributed by atoms with E-state index in [2.05, 4.69) is 58.7 Å². The van der Waals surface area contributed by atoms with Crippen molar-refractivity contribution < 1.29 is 84.6 Å². The van der Waals surface area contributed by atoms with Crippen molar-refractivity contribution in [3.8, 4) is 11.8 Å². The molecule has 2 aromatic heterocycles. The van der Waals surface area contributed by atoms with Crippen molar-refractivity contribution in [3.05, 3.63) is 59.7 Å². The lowest BCUT2D eigenvalue weighted by molar-refractivity contribution is -0.154. The van der Waals surface area contributed by atoms with Crippen LogP contribution in [0.4, 0.5) is 10.5 Å². The smallest absolute Gasteiger partial charge is 0.312 e. The molecule has 29 nitrogen and oxygen atoms in total. The summed E-state index contributed by atoms with van der Waals surface area (Å²) in [5.74, 6) is 3.69. The molecule has 3 rings (SSSR count). The van der Waals surface area contributed by atoms with Gasteiger partial charge in [-0.15, -0.1) is 5.10 Å². The first-order valence-corrected chi connectivity index (χ1v) is 29.3.